The van der Waals surface area contributed by atoms with Crippen LogP contribution in [0.1, 0.15) is 19.8 Å². The molecule has 0 aliphatic carbocycles. The van der Waals surface area contributed by atoms with E-state index in [4.69, 9.17) is 19.2 Å². The molecule has 0 aromatic heterocycles. The molecule has 92 valence electrons. The summed E-state index contributed by atoms with van der Waals surface area (Å²) in [7, 11) is -4.64. The van der Waals surface area contributed by atoms with Crippen molar-refractivity contribution >= 4 is 7.82 Å². The molecule has 15 heavy (non-hydrogen) atoms. The number of phosphoric acid groups is 1. The number of piperazine rings is 1. The first-order chi connectivity index (χ1) is 6.93. The fraction of sp³-hybridized carbons (Fsp3) is 1.00. The minimum atomic E-state index is -4.64. The van der Waals surface area contributed by atoms with E-state index >= 15 is 0 Å². The predicted octanol–water partition coefficient (Wildman–Crippen LogP) is -0.237. The third kappa shape index (κ3) is 14.0. The van der Waals surface area contributed by atoms with Gasteiger partial charge in [0.2, 0.25) is 0 Å². The van der Waals surface area contributed by atoms with E-state index in [-0.39, 0.29) is 0 Å². The van der Waals surface area contributed by atoms with Crippen LogP contribution in [0.15, 0.2) is 0 Å². The maximum atomic E-state index is 8.88. The lowest BCUT2D eigenvalue weighted by molar-refractivity contribution is 0.238. The molecule has 1 rings (SSSR count). The van der Waals surface area contributed by atoms with Gasteiger partial charge in [0.05, 0.1) is 0 Å². The molecule has 0 bridgehead atoms. The Hall–Kier alpha value is 0.0300. The Labute approximate surface area is 90.5 Å². The van der Waals surface area contributed by atoms with Crippen molar-refractivity contribution in [2.45, 2.75) is 19.8 Å². The topological polar surface area (TPSA) is 93.0 Å². The van der Waals surface area contributed by atoms with Crippen molar-refractivity contribution in [2.24, 2.45) is 0 Å². The molecule has 0 radical (unpaired) electrons. The van der Waals surface area contributed by atoms with Crippen molar-refractivity contribution in [3.8, 4) is 0 Å². The Morgan fingerprint density at radius 1 is 1.27 bits per heavy atom. The zero-order valence-corrected chi connectivity index (χ0v) is 9.99. The molecule has 1 heterocycles. The molecule has 0 amide bonds. The molecule has 0 atom stereocenters. The van der Waals surface area contributed by atoms with Gasteiger partial charge in [0.25, 0.3) is 0 Å². The summed E-state index contributed by atoms with van der Waals surface area (Å²) < 4.78 is 8.88. The van der Waals surface area contributed by atoms with Gasteiger partial charge in [0.1, 0.15) is 0 Å². The average molecular weight is 240 g/mol. The summed E-state index contributed by atoms with van der Waals surface area (Å²) in [5, 5.41) is 3.35. The van der Waals surface area contributed by atoms with Crippen LogP contribution in [0.4, 0.5) is 0 Å². The van der Waals surface area contributed by atoms with Gasteiger partial charge in [-0.2, -0.15) is 0 Å². The summed E-state index contributed by atoms with van der Waals surface area (Å²) in [5.74, 6) is 0. The van der Waals surface area contributed by atoms with Gasteiger partial charge in [-0.15, -0.1) is 0 Å². The summed E-state index contributed by atoms with van der Waals surface area (Å²) >= 11 is 0. The second-order valence-electron chi connectivity index (χ2n) is 3.46. The molecule has 0 spiro atoms. The molecule has 4 N–H and O–H groups in total. The molecule has 6 nitrogen and oxygen atoms in total. The van der Waals surface area contributed by atoms with Crippen LogP contribution < -0.4 is 5.32 Å². The molecular weight excluding hydrogens is 219 g/mol. The standard InChI is InChI=1S/C8H18N2.H3O4P/c1-2-3-6-10-7-4-9-5-8-10;1-5(2,3)4/h9H,2-8H2,1H3;(H3,1,2,3,4). The highest BCUT2D eigenvalue weighted by Crippen LogP contribution is 2.25. The SMILES string of the molecule is CCCCN1CCNCC1.O=P(O)(O)O. The smallest absolute Gasteiger partial charge is 0.314 e. The Kier molecular flexibility index (Phi) is 8.23. The number of nitrogens with zero attached hydrogens (tertiary/aromatic N) is 1. The van der Waals surface area contributed by atoms with E-state index in [1.54, 1.807) is 0 Å². The van der Waals surface area contributed by atoms with Gasteiger partial charge < -0.3 is 24.9 Å². The van der Waals surface area contributed by atoms with E-state index in [9.17, 15) is 0 Å². The van der Waals surface area contributed by atoms with E-state index < -0.39 is 7.82 Å². The van der Waals surface area contributed by atoms with Crippen molar-refractivity contribution < 1.29 is 19.2 Å². The van der Waals surface area contributed by atoms with Gasteiger partial charge in [-0.05, 0) is 13.0 Å². The highest BCUT2D eigenvalue weighted by molar-refractivity contribution is 7.45. The largest absolute Gasteiger partial charge is 0.466 e. The molecule has 1 aliphatic rings. The predicted molar refractivity (Wildman–Crippen MR) is 58.5 cm³/mol. The summed E-state index contributed by atoms with van der Waals surface area (Å²) in [4.78, 5) is 24.1. The third-order valence-corrected chi connectivity index (χ3v) is 2.04. The molecule has 7 heteroatoms. The van der Waals surface area contributed by atoms with Crippen LogP contribution >= 0.6 is 7.82 Å². The quantitative estimate of drug-likeness (QED) is 0.509. The molecule has 0 saturated carbocycles. The number of unbranched alkanes of at least 4 members (excludes halogenated alkanes) is 1. The van der Waals surface area contributed by atoms with Gasteiger partial charge >= 0.3 is 7.82 Å². The minimum Gasteiger partial charge on any atom is -0.314 e. The van der Waals surface area contributed by atoms with Crippen LogP contribution in [0.3, 0.4) is 0 Å². The Balaban J connectivity index is 0.000000336. The summed E-state index contributed by atoms with van der Waals surface area (Å²) in [6.45, 7) is 8.42. The Bertz CT molecular complexity index is 183. The summed E-state index contributed by atoms with van der Waals surface area (Å²) in [5.41, 5.74) is 0. The average Bonchev–Trinajstić information content (AvgIpc) is 2.14. The van der Waals surface area contributed by atoms with Gasteiger partial charge in [0, 0.05) is 26.2 Å². The van der Waals surface area contributed by atoms with Crippen LogP contribution in [0.5, 0.6) is 0 Å². The maximum Gasteiger partial charge on any atom is 0.466 e. The van der Waals surface area contributed by atoms with Crippen molar-refractivity contribution in [1.29, 1.82) is 0 Å². The molecule has 0 unspecified atom stereocenters. The lowest BCUT2D eigenvalue weighted by Gasteiger charge is -2.26. The van der Waals surface area contributed by atoms with E-state index in [0.717, 1.165) is 0 Å². The summed E-state index contributed by atoms with van der Waals surface area (Å²) in [6.07, 6.45) is 2.68. The van der Waals surface area contributed by atoms with E-state index in [2.05, 4.69) is 17.1 Å². The van der Waals surface area contributed by atoms with E-state index in [1.807, 2.05) is 0 Å². The highest BCUT2D eigenvalue weighted by Gasteiger charge is 2.06. The van der Waals surface area contributed by atoms with Gasteiger partial charge in [-0.3, -0.25) is 0 Å². The zero-order valence-electron chi connectivity index (χ0n) is 9.09. The van der Waals surface area contributed by atoms with Crippen LogP contribution in [-0.2, 0) is 4.57 Å². The van der Waals surface area contributed by atoms with Crippen molar-refractivity contribution in [1.82, 2.24) is 10.2 Å². The molecule has 0 aromatic carbocycles. The lowest BCUT2D eigenvalue weighted by Crippen LogP contribution is -2.43. The van der Waals surface area contributed by atoms with E-state index in [1.165, 1.54) is 45.6 Å². The third-order valence-electron chi connectivity index (χ3n) is 2.04. The Morgan fingerprint density at radius 3 is 2.13 bits per heavy atom. The highest BCUT2D eigenvalue weighted by atomic mass is 31.2. The Morgan fingerprint density at radius 2 is 1.73 bits per heavy atom. The summed E-state index contributed by atoms with van der Waals surface area (Å²) in [6, 6.07) is 0. The number of hydrogen-bond donors (Lipinski definition) is 4. The van der Waals surface area contributed by atoms with Crippen molar-refractivity contribution in [3.63, 3.8) is 0 Å². The first-order valence-corrected chi connectivity index (χ1v) is 6.71. The fourth-order valence-corrected chi connectivity index (χ4v) is 1.32. The van der Waals surface area contributed by atoms with E-state index in [0.29, 0.717) is 0 Å². The first kappa shape index (κ1) is 15.0. The zero-order chi connectivity index (χ0) is 11.7. The molecule has 1 saturated heterocycles. The van der Waals surface area contributed by atoms with Crippen molar-refractivity contribution in [3.05, 3.63) is 0 Å². The second kappa shape index (κ2) is 8.21. The molecule has 1 fully saturated rings. The fourth-order valence-electron chi connectivity index (χ4n) is 1.32. The normalized spacial score (nSPS) is 18.1. The van der Waals surface area contributed by atoms with Gasteiger partial charge in [0.15, 0.2) is 0 Å². The molecular formula is C8H21N2O4P. The van der Waals surface area contributed by atoms with Crippen LogP contribution in [0.2, 0.25) is 0 Å². The minimum absolute atomic E-state index is 1.18. The van der Waals surface area contributed by atoms with Crippen LogP contribution in [0, 0.1) is 0 Å². The maximum absolute atomic E-state index is 8.88. The van der Waals surface area contributed by atoms with Crippen LogP contribution in [-0.4, -0.2) is 52.3 Å². The van der Waals surface area contributed by atoms with Gasteiger partial charge in [-0.1, -0.05) is 13.3 Å². The van der Waals surface area contributed by atoms with Crippen molar-refractivity contribution in [2.75, 3.05) is 32.7 Å². The second-order valence-corrected chi connectivity index (χ2v) is 4.49. The molecule has 0 aromatic rings. The number of nitrogens with one attached hydrogen (secondary N) is 1. The van der Waals surface area contributed by atoms with Gasteiger partial charge in [-0.25, -0.2) is 4.57 Å². The lowest BCUT2D eigenvalue weighted by atomic mass is 10.3. The number of hydrogen-bond acceptors (Lipinski definition) is 3. The van der Waals surface area contributed by atoms with Crippen LogP contribution in [0.25, 0.3) is 0 Å². The molecule has 1 aliphatic heterocycles. The first-order valence-electron chi connectivity index (χ1n) is 5.15. The monoisotopic (exact) mass is 240 g/mol. The number of rotatable bonds is 3.